The molecule has 1 atom stereocenters. The lowest BCUT2D eigenvalue weighted by Gasteiger charge is -2.21. The topological polar surface area (TPSA) is 52.6 Å². The number of halogens is 1. The van der Waals surface area contributed by atoms with Gasteiger partial charge in [0.15, 0.2) is 0 Å². The van der Waals surface area contributed by atoms with Gasteiger partial charge in [0.1, 0.15) is 17.5 Å². The highest BCUT2D eigenvalue weighted by atomic mass is 19.1. The highest BCUT2D eigenvalue weighted by Gasteiger charge is 2.33. The van der Waals surface area contributed by atoms with Crippen LogP contribution in [0.25, 0.3) is 0 Å². The molecule has 2 heterocycles. The number of nitrogens with zero attached hydrogens (tertiary/aromatic N) is 5. The normalized spacial score (nSPS) is 16.0. The Balaban J connectivity index is 1.54. The fraction of sp³-hybridized carbons (Fsp3) is 0.346. The molecule has 1 aliphatic heterocycles. The average molecular weight is 448 g/mol. The zero-order valence-electron chi connectivity index (χ0n) is 19.6. The number of aryl methyl sites for hydroxylation is 1. The SMILES string of the molecule is Cc1ccccc1CN(C)Cc1nc(C2CC(=O)N(c3ccc(F)cc3)C2)cc(N(C)C)n1. The van der Waals surface area contributed by atoms with Crippen LogP contribution in [0.2, 0.25) is 0 Å². The van der Waals surface area contributed by atoms with Gasteiger partial charge in [0, 0.05) is 51.3 Å². The maximum absolute atomic E-state index is 13.3. The first-order valence-electron chi connectivity index (χ1n) is 11.1. The summed E-state index contributed by atoms with van der Waals surface area (Å²) in [5, 5.41) is 0. The number of benzene rings is 2. The summed E-state index contributed by atoms with van der Waals surface area (Å²) in [5.41, 5.74) is 4.12. The van der Waals surface area contributed by atoms with E-state index in [4.69, 9.17) is 9.97 Å². The number of rotatable bonds is 7. The first kappa shape index (κ1) is 22.9. The van der Waals surface area contributed by atoms with Gasteiger partial charge < -0.3 is 9.80 Å². The van der Waals surface area contributed by atoms with Gasteiger partial charge in [-0.3, -0.25) is 9.69 Å². The van der Waals surface area contributed by atoms with Crippen molar-refractivity contribution in [1.82, 2.24) is 14.9 Å². The van der Waals surface area contributed by atoms with Crippen molar-refractivity contribution < 1.29 is 9.18 Å². The fourth-order valence-electron chi connectivity index (χ4n) is 4.16. The quantitative estimate of drug-likeness (QED) is 0.545. The van der Waals surface area contributed by atoms with Gasteiger partial charge in [0.05, 0.1) is 12.2 Å². The van der Waals surface area contributed by atoms with Gasteiger partial charge in [-0.1, -0.05) is 24.3 Å². The minimum absolute atomic E-state index is 0.0230. The molecule has 1 amide bonds. The van der Waals surface area contributed by atoms with Gasteiger partial charge in [-0.05, 0) is 49.4 Å². The molecule has 0 aliphatic carbocycles. The Hall–Kier alpha value is -3.32. The van der Waals surface area contributed by atoms with E-state index >= 15 is 0 Å². The van der Waals surface area contributed by atoms with Crippen LogP contribution in [-0.4, -0.2) is 48.5 Å². The van der Waals surface area contributed by atoms with Crippen molar-refractivity contribution in [2.45, 2.75) is 32.4 Å². The molecule has 1 unspecified atom stereocenters. The summed E-state index contributed by atoms with van der Waals surface area (Å²) in [7, 11) is 5.97. The van der Waals surface area contributed by atoms with E-state index in [1.54, 1.807) is 17.0 Å². The van der Waals surface area contributed by atoms with Crippen molar-refractivity contribution in [3.63, 3.8) is 0 Å². The van der Waals surface area contributed by atoms with Crippen LogP contribution in [0.4, 0.5) is 15.9 Å². The number of carbonyl (C=O) groups excluding carboxylic acids is 1. The van der Waals surface area contributed by atoms with Crippen LogP contribution in [0.15, 0.2) is 54.6 Å². The minimum Gasteiger partial charge on any atom is -0.363 e. The van der Waals surface area contributed by atoms with Crippen molar-refractivity contribution in [2.75, 3.05) is 37.5 Å². The van der Waals surface area contributed by atoms with Gasteiger partial charge in [-0.25, -0.2) is 14.4 Å². The van der Waals surface area contributed by atoms with Gasteiger partial charge >= 0.3 is 0 Å². The summed E-state index contributed by atoms with van der Waals surface area (Å²) in [5.74, 6) is 1.24. The Morgan fingerprint density at radius 1 is 1.03 bits per heavy atom. The monoisotopic (exact) mass is 447 g/mol. The number of hydrogen-bond donors (Lipinski definition) is 0. The largest absolute Gasteiger partial charge is 0.363 e. The maximum Gasteiger partial charge on any atom is 0.227 e. The second kappa shape index (κ2) is 9.67. The summed E-state index contributed by atoms with van der Waals surface area (Å²) in [6.45, 7) is 4.05. The van der Waals surface area contributed by atoms with Crippen LogP contribution in [0.3, 0.4) is 0 Å². The van der Waals surface area contributed by atoms with E-state index in [1.165, 1.54) is 23.3 Å². The summed E-state index contributed by atoms with van der Waals surface area (Å²) in [4.78, 5) is 28.2. The molecule has 172 valence electrons. The Labute approximate surface area is 194 Å². The summed E-state index contributed by atoms with van der Waals surface area (Å²) in [6, 6.07) is 16.4. The summed E-state index contributed by atoms with van der Waals surface area (Å²) >= 11 is 0. The lowest BCUT2D eigenvalue weighted by Crippen LogP contribution is -2.24. The molecule has 0 saturated carbocycles. The van der Waals surface area contributed by atoms with E-state index in [1.807, 2.05) is 31.1 Å². The molecule has 1 aromatic heterocycles. The predicted molar refractivity (Wildman–Crippen MR) is 129 cm³/mol. The Kier molecular flexibility index (Phi) is 6.70. The van der Waals surface area contributed by atoms with E-state index in [0.29, 0.717) is 25.2 Å². The Morgan fingerprint density at radius 3 is 2.45 bits per heavy atom. The predicted octanol–water partition coefficient (Wildman–Crippen LogP) is 4.14. The van der Waals surface area contributed by atoms with E-state index in [-0.39, 0.29) is 17.6 Å². The molecule has 0 N–H and O–H groups in total. The molecule has 1 fully saturated rings. The van der Waals surface area contributed by atoms with Crippen molar-refractivity contribution >= 4 is 17.4 Å². The molecule has 2 aromatic carbocycles. The molecule has 6 nitrogen and oxygen atoms in total. The molecule has 1 saturated heterocycles. The van der Waals surface area contributed by atoms with Gasteiger partial charge in [0.25, 0.3) is 0 Å². The highest BCUT2D eigenvalue weighted by molar-refractivity contribution is 5.96. The number of aromatic nitrogens is 2. The van der Waals surface area contributed by atoms with E-state index in [0.717, 1.165) is 23.9 Å². The standard InChI is InChI=1S/C26H30FN5O/c1-18-7-5-6-8-19(18)15-31(4)17-24-28-23(14-25(29-24)30(2)3)20-13-26(33)32(16-20)22-11-9-21(27)10-12-22/h5-12,14,20H,13,15-17H2,1-4H3. The molecule has 0 radical (unpaired) electrons. The molecule has 3 aromatic rings. The van der Waals surface area contributed by atoms with Crippen molar-refractivity contribution in [3.05, 3.63) is 83.1 Å². The Morgan fingerprint density at radius 2 is 1.76 bits per heavy atom. The molecule has 4 rings (SSSR count). The van der Waals surface area contributed by atoms with Crippen LogP contribution in [-0.2, 0) is 17.9 Å². The van der Waals surface area contributed by atoms with Crippen molar-refractivity contribution in [2.24, 2.45) is 0 Å². The summed E-state index contributed by atoms with van der Waals surface area (Å²) in [6.07, 6.45) is 0.375. The third kappa shape index (κ3) is 5.37. The third-order valence-corrected chi connectivity index (χ3v) is 6.03. The molecule has 33 heavy (non-hydrogen) atoms. The van der Waals surface area contributed by atoms with E-state index in [9.17, 15) is 9.18 Å². The average Bonchev–Trinajstić information content (AvgIpc) is 3.17. The molecule has 0 spiro atoms. The lowest BCUT2D eigenvalue weighted by atomic mass is 10.0. The number of anilines is 2. The third-order valence-electron chi connectivity index (χ3n) is 6.03. The summed E-state index contributed by atoms with van der Waals surface area (Å²) < 4.78 is 13.3. The zero-order chi connectivity index (χ0) is 23.5. The van der Waals surface area contributed by atoms with Crippen molar-refractivity contribution in [1.29, 1.82) is 0 Å². The van der Waals surface area contributed by atoms with E-state index < -0.39 is 0 Å². The van der Waals surface area contributed by atoms with Gasteiger partial charge in [-0.2, -0.15) is 0 Å². The van der Waals surface area contributed by atoms with Crippen LogP contribution in [0, 0.1) is 12.7 Å². The number of amides is 1. The molecule has 1 aliphatic rings. The number of hydrogen-bond acceptors (Lipinski definition) is 5. The molecular formula is C26H30FN5O. The Bertz CT molecular complexity index is 1130. The fourth-order valence-corrected chi connectivity index (χ4v) is 4.16. The minimum atomic E-state index is -0.312. The molecule has 0 bridgehead atoms. The first-order valence-corrected chi connectivity index (χ1v) is 11.1. The van der Waals surface area contributed by atoms with Gasteiger partial charge in [-0.15, -0.1) is 0 Å². The lowest BCUT2D eigenvalue weighted by molar-refractivity contribution is -0.117. The van der Waals surface area contributed by atoms with Crippen molar-refractivity contribution in [3.8, 4) is 0 Å². The van der Waals surface area contributed by atoms with Gasteiger partial charge in [0.2, 0.25) is 5.91 Å². The first-order chi connectivity index (χ1) is 15.8. The molecule has 7 heteroatoms. The van der Waals surface area contributed by atoms with E-state index in [2.05, 4.69) is 37.1 Å². The second-order valence-electron chi connectivity index (χ2n) is 8.94. The van der Waals surface area contributed by atoms with Crippen LogP contribution >= 0.6 is 0 Å². The van der Waals surface area contributed by atoms with Crippen LogP contribution in [0.5, 0.6) is 0 Å². The number of carbonyl (C=O) groups is 1. The highest BCUT2D eigenvalue weighted by Crippen LogP contribution is 2.32. The zero-order valence-corrected chi connectivity index (χ0v) is 19.6. The second-order valence-corrected chi connectivity index (χ2v) is 8.94. The smallest absolute Gasteiger partial charge is 0.227 e. The van der Waals surface area contributed by atoms with Crippen LogP contribution < -0.4 is 9.80 Å². The molecular weight excluding hydrogens is 417 g/mol. The maximum atomic E-state index is 13.3. The van der Waals surface area contributed by atoms with Crippen LogP contribution in [0.1, 0.15) is 35.0 Å².